The highest BCUT2D eigenvalue weighted by Crippen LogP contribution is 2.30. The zero-order chi connectivity index (χ0) is 21.8. The Hall–Kier alpha value is -2.15. The first-order valence-corrected chi connectivity index (χ1v) is 12.0. The summed E-state index contributed by atoms with van der Waals surface area (Å²) in [5.74, 6) is -0.763. The summed E-state index contributed by atoms with van der Waals surface area (Å²) in [4.78, 5) is 41.1. The molecular formula is C24H35N3O4. The third-order valence-electron chi connectivity index (χ3n) is 7.27. The van der Waals surface area contributed by atoms with Crippen molar-refractivity contribution in [3.63, 3.8) is 0 Å². The molecule has 0 atom stereocenters. The van der Waals surface area contributed by atoms with E-state index < -0.39 is 16.9 Å². The molecule has 4 rings (SSSR count). The van der Waals surface area contributed by atoms with Gasteiger partial charge in [-0.25, -0.2) is 0 Å². The molecule has 0 aromatic carbocycles. The van der Waals surface area contributed by atoms with Crippen LogP contribution in [-0.4, -0.2) is 51.6 Å². The fourth-order valence-electron chi connectivity index (χ4n) is 5.32. The van der Waals surface area contributed by atoms with Crippen LogP contribution in [0.3, 0.4) is 0 Å². The minimum absolute atomic E-state index is 0.00849. The van der Waals surface area contributed by atoms with E-state index in [-0.39, 0.29) is 29.6 Å². The second kappa shape index (κ2) is 9.55. The van der Waals surface area contributed by atoms with Crippen LogP contribution in [0.4, 0.5) is 0 Å². The number of nitrogens with zero attached hydrogens (tertiary/aromatic N) is 2. The smallest absolute Gasteiger partial charge is 0.259 e. The van der Waals surface area contributed by atoms with E-state index in [1.165, 1.54) is 0 Å². The molecule has 2 N–H and O–H groups in total. The Labute approximate surface area is 183 Å². The van der Waals surface area contributed by atoms with Crippen molar-refractivity contribution in [2.24, 2.45) is 0 Å². The average molecular weight is 430 g/mol. The van der Waals surface area contributed by atoms with Gasteiger partial charge in [0.1, 0.15) is 11.1 Å². The van der Waals surface area contributed by atoms with Gasteiger partial charge in [0.2, 0.25) is 5.43 Å². The lowest BCUT2D eigenvalue weighted by molar-refractivity contribution is 0.00523. The van der Waals surface area contributed by atoms with Crippen molar-refractivity contribution in [1.82, 2.24) is 14.8 Å². The number of carbonyl (C=O) groups excluding carboxylic acids is 2. The number of carbonyl (C=O) groups is 2. The third kappa shape index (κ3) is 5.03. The maximum atomic E-state index is 13.2. The van der Waals surface area contributed by atoms with Crippen molar-refractivity contribution in [2.45, 2.75) is 88.7 Å². The van der Waals surface area contributed by atoms with Gasteiger partial charge < -0.3 is 19.9 Å². The summed E-state index contributed by atoms with van der Waals surface area (Å²) in [6, 6.07) is 0.211. The van der Waals surface area contributed by atoms with Crippen LogP contribution in [0.2, 0.25) is 0 Å². The molecule has 170 valence electrons. The van der Waals surface area contributed by atoms with Crippen LogP contribution >= 0.6 is 0 Å². The second-order valence-corrected chi connectivity index (χ2v) is 9.62. The lowest BCUT2D eigenvalue weighted by atomic mass is 9.85. The number of amides is 2. The maximum Gasteiger partial charge on any atom is 0.259 e. The molecule has 0 bridgehead atoms. The summed E-state index contributed by atoms with van der Waals surface area (Å²) in [5.41, 5.74) is -1.30. The van der Waals surface area contributed by atoms with Crippen molar-refractivity contribution in [1.29, 1.82) is 0 Å². The summed E-state index contributed by atoms with van der Waals surface area (Å²) in [6.07, 6.45) is 14.8. The van der Waals surface area contributed by atoms with Gasteiger partial charge in [0.05, 0.1) is 5.60 Å². The van der Waals surface area contributed by atoms with Crippen LogP contribution in [0.5, 0.6) is 0 Å². The molecule has 7 heteroatoms. The van der Waals surface area contributed by atoms with E-state index >= 15 is 0 Å². The maximum absolute atomic E-state index is 13.2. The number of pyridine rings is 1. The molecule has 0 radical (unpaired) electrons. The lowest BCUT2D eigenvalue weighted by Crippen LogP contribution is -2.45. The quantitative estimate of drug-likeness (QED) is 0.753. The second-order valence-electron chi connectivity index (χ2n) is 9.62. The van der Waals surface area contributed by atoms with Gasteiger partial charge in [0.15, 0.2) is 0 Å². The highest BCUT2D eigenvalue weighted by molar-refractivity contribution is 5.99. The van der Waals surface area contributed by atoms with Crippen LogP contribution in [0.1, 0.15) is 104 Å². The van der Waals surface area contributed by atoms with Gasteiger partial charge in [0.25, 0.3) is 11.8 Å². The molecule has 1 aromatic rings. The molecule has 0 unspecified atom stereocenters. The fourth-order valence-corrected chi connectivity index (χ4v) is 5.32. The molecular weight excluding hydrogens is 394 g/mol. The molecule has 2 saturated carbocycles. The molecule has 1 saturated heterocycles. The highest BCUT2D eigenvalue weighted by Gasteiger charge is 2.31. The van der Waals surface area contributed by atoms with E-state index in [4.69, 9.17) is 0 Å². The van der Waals surface area contributed by atoms with Crippen LogP contribution in [0.25, 0.3) is 0 Å². The Morgan fingerprint density at radius 3 is 2.23 bits per heavy atom. The minimum Gasteiger partial charge on any atom is -0.388 e. The molecule has 2 amide bonds. The number of piperidine rings is 1. The fraction of sp³-hybridized carbons (Fsp3) is 0.708. The summed E-state index contributed by atoms with van der Waals surface area (Å²) >= 11 is 0. The van der Waals surface area contributed by atoms with Gasteiger partial charge in [-0.3, -0.25) is 14.4 Å². The van der Waals surface area contributed by atoms with Crippen LogP contribution in [0.15, 0.2) is 17.2 Å². The number of aliphatic hydroxyl groups is 1. The van der Waals surface area contributed by atoms with E-state index in [2.05, 4.69) is 5.32 Å². The molecule has 0 spiro atoms. The summed E-state index contributed by atoms with van der Waals surface area (Å²) in [7, 11) is 0. The van der Waals surface area contributed by atoms with E-state index in [1.54, 1.807) is 17.3 Å². The van der Waals surface area contributed by atoms with Crippen molar-refractivity contribution < 1.29 is 14.7 Å². The van der Waals surface area contributed by atoms with Gasteiger partial charge in [0, 0.05) is 38.1 Å². The summed E-state index contributed by atoms with van der Waals surface area (Å²) in [6.45, 7) is 1.45. The highest BCUT2D eigenvalue weighted by atomic mass is 16.3. The normalized spacial score (nSPS) is 21.8. The SMILES string of the molecule is O=C(NCC1(O)CCCCC1)c1cn(C2CCCC2)cc(C(=O)N2CCCCC2)c1=O. The van der Waals surface area contributed by atoms with Gasteiger partial charge in [-0.2, -0.15) is 0 Å². The van der Waals surface area contributed by atoms with Gasteiger partial charge in [-0.1, -0.05) is 32.1 Å². The number of hydrogen-bond donors (Lipinski definition) is 2. The molecule has 1 aromatic heterocycles. The van der Waals surface area contributed by atoms with Crippen molar-refractivity contribution in [3.05, 3.63) is 33.7 Å². The first-order valence-electron chi connectivity index (χ1n) is 12.0. The standard InChI is InChI=1S/C24H35N3O4/c28-21-19(22(29)25-17-24(31)11-5-1-6-12-24)15-27(18-9-3-4-10-18)16-20(21)23(30)26-13-7-2-8-14-26/h15-16,18,31H,1-14,17H2,(H,25,29). The molecule has 31 heavy (non-hydrogen) atoms. The zero-order valence-corrected chi connectivity index (χ0v) is 18.4. The summed E-state index contributed by atoms with van der Waals surface area (Å²) in [5, 5.41) is 13.5. The van der Waals surface area contributed by atoms with Gasteiger partial charge in [-0.15, -0.1) is 0 Å². The Bertz CT molecular complexity index is 860. The number of hydrogen-bond acceptors (Lipinski definition) is 4. The van der Waals surface area contributed by atoms with E-state index in [1.807, 2.05) is 4.57 Å². The summed E-state index contributed by atoms with van der Waals surface area (Å²) < 4.78 is 1.91. The average Bonchev–Trinajstić information content (AvgIpc) is 3.33. The first-order chi connectivity index (χ1) is 15.0. The Morgan fingerprint density at radius 2 is 1.55 bits per heavy atom. The Kier molecular flexibility index (Phi) is 6.80. The molecule has 7 nitrogen and oxygen atoms in total. The van der Waals surface area contributed by atoms with Crippen molar-refractivity contribution in [2.75, 3.05) is 19.6 Å². The van der Waals surface area contributed by atoms with Crippen LogP contribution in [-0.2, 0) is 0 Å². The van der Waals surface area contributed by atoms with E-state index in [9.17, 15) is 19.5 Å². The molecule has 2 aliphatic carbocycles. The van der Waals surface area contributed by atoms with Crippen molar-refractivity contribution in [3.8, 4) is 0 Å². The van der Waals surface area contributed by atoms with Gasteiger partial charge >= 0.3 is 0 Å². The number of likely N-dealkylation sites (tertiary alicyclic amines) is 1. The van der Waals surface area contributed by atoms with Crippen molar-refractivity contribution >= 4 is 11.8 Å². The number of aromatic nitrogens is 1. The third-order valence-corrected chi connectivity index (χ3v) is 7.27. The predicted molar refractivity (Wildman–Crippen MR) is 118 cm³/mol. The number of nitrogens with one attached hydrogen (secondary N) is 1. The molecule has 3 fully saturated rings. The lowest BCUT2D eigenvalue weighted by Gasteiger charge is -2.32. The number of rotatable bonds is 5. The Morgan fingerprint density at radius 1 is 0.935 bits per heavy atom. The van der Waals surface area contributed by atoms with Crippen LogP contribution < -0.4 is 10.7 Å². The van der Waals surface area contributed by atoms with Crippen LogP contribution in [0, 0.1) is 0 Å². The first kappa shape index (κ1) is 22.1. The largest absolute Gasteiger partial charge is 0.388 e. The predicted octanol–water partition coefficient (Wildman–Crippen LogP) is 3.01. The van der Waals surface area contributed by atoms with Gasteiger partial charge in [-0.05, 0) is 44.9 Å². The topological polar surface area (TPSA) is 91.6 Å². The molecule has 2 heterocycles. The molecule has 3 aliphatic rings. The van der Waals surface area contributed by atoms with E-state index in [0.29, 0.717) is 25.9 Å². The Balaban J connectivity index is 1.60. The van der Waals surface area contributed by atoms with E-state index in [0.717, 1.165) is 64.2 Å². The minimum atomic E-state index is -0.903. The zero-order valence-electron chi connectivity index (χ0n) is 18.4. The molecule has 1 aliphatic heterocycles. The monoisotopic (exact) mass is 429 g/mol.